The first kappa shape index (κ1) is 55.8. The van der Waals surface area contributed by atoms with Gasteiger partial charge in [-0.15, -0.1) is 0 Å². The average Bonchev–Trinajstić information content (AvgIpc) is 4.03. The van der Waals surface area contributed by atoms with Gasteiger partial charge in [-0.3, -0.25) is 52.6 Å². The maximum Gasteiger partial charge on any atom is 0.474 e. The Morgan fingerprint density at radius 1 is 0.844 bits per heavy atom. The number of aliphatic hydroxyl groups is 1. The topological polar surface area (TPSA) is 291 Å². The first-order valence-electron chi connectivity index (χ1n) is 24.5. The standard InChI is InChI=1S/C53H60N7O16P/c1-31(2)33-12-18-39(19-13-33)71-29-44(63)55-51-57-48(47(54-30-61)50(65)58-51)56-45-24-40(62)42(74-45)28-73-77(67,70-6)76-41-25-46(60-26-32(3)49(64)59-52(60)66)75-43(41)27-72-53(34-10-8-7-9-11-34,35-14-20-37(68-4)21-15-35)36-16-22-38(69-5)23-17-36/h7-23,26,30-31,40-43,45-46,62H,24-25,27-29H2,1-6H3,(H,54,61)(H,59,64,66)(H3,55,56,57,58,63,65)/t40-,41-,42+,43+,45+,46+,77?/m0/s1. The maximum absolute atomic E-state index is 14.6. The lowest BCUT2D eigenvalue weighted by atomic mass is 9.80. The molecule has 4 aromatic carbocycles. The molecule has 408 valence electrons. The number of aliphatic hydroxyl groups excluding tert-OH is 1. The molecule has 6 aromatic rings. The van der Waals surface area contributed by atoms with Crippen LogP contribution in [0.15, 0.2) is 124 Å². The number of carbonyl (C=O) groups excluding carboxylic acids is 2. The van der Waals surface area contributed by atoms with E-state index in [4.69, 9.17) is 42.0 Å². The number of nitrogens with zero attached hydrogens (tertiary/aromatic N) is 2. The van der Waals surface area contributed by atoms with Crippen LogP contribution in [0.3, 0.4) is 0 Å². The maximum atomic E-state index is 14.6. The molecule has 77 heavy (non-hydrogen) atoms. The molecule has 2 fully saturated rings. The first-order valence-corrected chi connectivity index (χ1v) is 25.9. The average molecular weight is 1080 g/mol. The molecule has 0 aliphatic carbocycles. The van der Waals surface area contributed by atoms with Gasteiger partial charge in [0.25, 0.3) is 17.0 Å². The molecule has 4 heterocycles. The summed E-state index contributed by atoms with van der Waals surface area (Å²) in [5.41, 5.74) is -0.387. The zero-order valence-corrected chi connectivity index (χ0v) is 43.9. The van der Waals surface area contributed by atoms with Gasteiger partial charge in [-0.25, -0.2) is 9.36 Å². The predicted molar refractivity (Wildman–Crippen MR) is 280 cm³/mol. The molecule has 7 atom stereocenters. The van der Waals surface area contributed by atoms with Gasteiger partial charge in [0.2, 0.25) is 12.4 Å². The molecule has 0 radical (unpaired) electrons. The van der Waals surface area contributed by atoms with Gasteiger partial charge in [-0.1, -0.05) is 80.6 Å². The van der Waals surface area contributed by atoms with Crippen molar-refractivity contribution in [2.45, 2.75) is 82.0 Å². The van der Waals surface area contributed by atoms with Crippen LogP contribution in [0.4, 0.5) is 17.5 Å². The third-order valence-electron chi connectivity index (χ3n) is 13.0. The number of aromatic amines is 2. The van der Waals surface area contributed by atoms with Gasteiger partial charge < -0.3 is 44.2 Å². The van der Waals surface area contributed by atoms with E-state index in [1.807, 2.05) is 66.7 Å². The molecule has 23 nitrogen and oxygen atoms in total. The van der Waals surface area contributed by atoms with Crippen molar-refractivity contribution in [3.63, 3.8) is 0 Å². The number of aryl methyl sites for hydroxylation is 1. The number of aromatic nitrogens is 4. The number of amides is 2. The quantitative estimate of drug-likeness (QED) is 0.0241. The number of nitrogens with one attached hydrogen (secondary N) is 5. The van der Waals surface area contributed by atoms with Crippen LogP contribution in [-0.2, 0) is 47.5 Å². The number of ether oxygens (including phenoxy) is 6. The molecule has 2 aromatic heterocycles. The van der Waals surface area contributed by atoms with Crippen molar-refractivity contribution in [1.29, 1.82) is 0 Å². The number of phosphoric acid groups is 1. The Kier molecular flexibility index (Phi) is 17.9. The molecule has 2 aliphatic rings. The summed E-state index contributed by atoms with van der Waals surface area (Å²) in [4.78, 5) is 72.2. The Balaban J connectivity index is 1.00. The number of hydrogen-bond acceptors (Lipinski definition) is 18. The highest BCUT2D eigenvalue weighted by Crippen LogP contribution is 2.53. The summed E-state index contributed by atoms with van der Waals surface area (Å²) in [7, 11) is -0.380. The summed E-state index contributed by atoms with van der Waals surface area (Å²) < 4.78 is 69.5. The largest absolute Gasteiger partial charge is 0.497 e. The second-order valence-corrected chi connectivity index (χ2v) is 20.0. The predicted octanol–water partition coefficient (Wildman–Crippen LogP) is 5.70. The first-order chi connectivity index (χ1) is 37.0. The van der Waals surface area contributed by atoms with Crippen molar-refractivity contribution in [2.24, 2.45) is 0 Å². The number of H-pyrrole nitrogens is 2. The molecule has 0 saturated carbocycles. The number of carbonyl (C=O) groups is 2. The summed E-state index contributed by atoms with van der Waals surface area (Å²) in [6.07, 6.45) is -5.47. The second kappa shape index (κ2) is 24.7. The van der Waals surface area contributed by atoms with Crippen LogP contribution in [-0.4, -0.2) is 109 Å². The van der Waals surface area contributed by atoms with E-state index in [1.54, 1.807) is 50.6 Å². The molecule has 8 rings (SSSR count). The zero-order chi connectivity index (χ0) is 54.9. The summed E-state index contributed by atoms with van der Waals surface area (Å²) in [6.45, 7) is 4.40. The van der Waals surface area contributed by atoms with Crippen molar-refractivity contribution >= 4 is 37.6 Å². The molecule has 2 aliphatic heterocycles. The van der Waals surface area contributed by atoms with Crippen LogP contribution >= 0.6 is 7.82 Å². The van der Waals surface area contributed by atoms with Gasteiger partial charge in [0.05, 0.1) is 33.5 Å². The van der Waals surface area contributed by atoms with E-state index >= 15 is 0 Å². The van der Waals surface area contributed by atoms with Crippen molar-refractivity contribution < 1.29 is 61.3 Å². The lowest BCUT2D eigenvalue weighted by Crippen LogP contribution is -2.38. The van der Waals surface area contributed by atoms with Crippen molar-refractivity contribution in [1.82, 2.24) is 19.5 Å². The number of methoxy groups -OCH3 is 2. The van der Waals surface area contributed by atoms with Gasteiger partial charge in [-0.05, 0) is 71.5 Å². The van der Waals surface area contributed by atoms with Crippen molar-refractivity contribution in [3.8, 4) is 17.2 Å². The van der Waals surface area contributed by atoms with E-state index in [2.05, 4.69) is 44.7 Å². The molecule has 2 saturated heterocycles. The molecule has 6 N–H and O–H groups in total. The fraction of sp³-hybridized carbons (Fsp3) is 0.358. The zero-order valence-electron chi connectivity index (χ0n) is 43.0. The van der Waals surface area contributed by atoms with Crippen LogP contribution < -0.4 is 47.0 Å². The Bertz CT molecular complexity index is 3160. The van der Waals surface area contributed by atoms with Crippen molar-refractivity contribution in [2.75, 3.05) is 57.1 Å². The van der Waals surface area contributed by atoms with Gasteiger partial charge in [-0.2, -0.15) is 4.98 Å². The van der Waals surface area contributed by atoms with Crippen LogP contribution in [0.1, 0.15) is 66.7 Å². The van der Waals surface area contributed by atoms with E-state index in [1.165, 1.54) is 17.7 Å². The number of rotatable bonds is 24. The highest BCUT2D eigenvalue weighted by Gasteiger charge is 2.47. The Hall–Kier alpha value is -7.47. The lowest BCUT2D eigenvalue weighted by Gasteiger charge is -2.37. The molecular weight excluding hydrogens is 1020 g/mol. The van der Waals surface area contributed by atoms with E-state index in [0.29, 0.717) is 34.3 Å². The fourth-order valence-corrected chi connectivity index (χ4v) is 10.0. The summed E-state index contributed by atoms with van der Waals surface area (Å²) in [6, 6.07) is 31.4. The Morgan fingerprint density at radius 3 is 2.09 bits per heavy atom. The normalized spacial score (nSPS) is 20.1. The molecule has 0 bridgehead atoms. The number of hydrogen-bond donors (Lipinski definition) is 6. The van der Waals surface area contributed by atoms with Gasteiger partial charge >= 0.3 is 13.5 Å². The SMILES string of the molecule is COc1ccc(C(OC[C@H]2O[C@@H](n3cc(C)c(=O)[nH]c3=O)C[C@@H]2OP(=O)(OC)OC[C@H]2O[C@@H](Nc3nc(NC(=O)COc4ccc(C(C)C)cc4)[nH]c(=O)c3NC=O)C[C@@H]2O)(c2ccccc2)c2ccc(OC)cc2)cc1. The number of phosphoric ester groups is 1. The minimum Gasteiger partial charge on any atom is -0.497 e. The highest BCUT2D eigenvalue weighted by atomic mass is 31.2. The van der Waals surface area contributed by atoms with E-state index in [-0.39, 0.29) is 48.9 Å². The molecule has 2 amide bonds. The van der Waals surface area contributed by atoms with Gasteiger partial charge in [0, 0.05) is 31.7 Å². The van der Waals surface area contributed by atoms with Crippen LogP contribution in [0.2, 0.25) is 0 Å². The second-order valence-electron chi connectivity index (χ2n) is 18.3. The smallest absolute Gasteiger partial charge is 0.474 e. The monoisotopic (exact) mass is 1080 g/mol. The summed E-state index contributed by atoms with van der Waals surface area (Å²) in [5, 5.41) is 18.8. The lowest BCUT2D eigenvalue weighted by molar-refractivity contribution is -0.118. The van der Waals surface area contributed by atoms with E-state index in [9.17, 15) is 33.6 Å². The Labute approximate surface area is 441 Å². The number of benzene rings is 4. The third kappa shape index (κ3) is 13.0. The fourth-order valence-electron chi connectivity index (χ4n) is 8.89. The van der Waals surface area contributed by atoms with Crippen LogP contribution in [0.25, 0.3) is 0 Å². The molecule has 1 unspecified atom stereocenters. The highest BCUT2D eigenvalue weighted by molar-refractivity contribution is 7.48. The van der Waals surface area contributed by atoms with Gasteiger partial charge in [0.15, 0.2) is 12.4 Å². The Morgan fingerprint density at radius 2 is 1.48 bits per heavy atom. The molecule has 24 heteroatoms. The minimum absolute atomic E-state index is 0.115. The number of anilines is 3. The minimum atomic E-state index is -4.61. The third-order valence-corrected chi connectivity index (χ3v) is 14.4. The molecule has 0 spiro atoms. The summed E-state index contributed by atoms with van der Waals surface area (Å²) in [5.74, 6) is 0.803. The van der Waals surface area contributed by atoms with E-state index in [0.717, 1.165) is 18.2 Å². The summed E-state index contributed by atoms with van der Waals surface area (Å²) >= 11 is 0. The van der Waals surface area contributed by atoms with Crippen LogP contribution in [0, 0.1) is 6.92 Å². The van der Waals surface area contributed by atoms with Crippen LogP contribution in [0.5, 0.6) is 17.2 Å². The molecular formula is C53H60N7O16P. The van der Waals surface area contributed by atoms with Crippen molar-refractivity contribution in [3.05, 3.63) is 168 Å². The van der Waals surface area contributed by atoms with E-state index < -0.39 is 86.2 Å². The van der Waals surface area contributed by atoms with Gasteiger partial charge in [0.1, 0.15) is 59.3 Å².